The highest BCUT2D eigenvalue weighted by Gasteiger charge is 2.31. The molecule has 0 saturated carbocycles. The highest BCUT2D eigenvalue weighted by Crippen LogP contribution is 2.21. The summed E-state index contributed by atoms with van der Waals surface area (Å²) < 4.78 is 0. The first-order valence-corrected chi connectivity index (χ1v) is 7.57. The number of likely N-dealkylation sites (tertiary alicyclic amines) is 1. The van der Waals surface area contributed by atoms with Crippen LogP contribution in [0.15, 0.2) is 0 Å². The van der Waals surface area contributed by atoms with Crippen molar-refractivity contribution in [3.63, 3.8) is 0 Å². The lowest BCUT2D eigenvalue weighted by atomic mass is 9.92. The summed E-state index contributed by atoms with van der Waals surface area (Å²) in [6.07, 6.45) is 2.93. The molecular formula is C15H28N2O2. The normalized spacial score (nSPS) is 23.3. The molecule has 0 aromatic heterocycles. The number of rotatable bonds is 4. The van der Waals surface area contributed by atoms with Crippen molar-refractivity contribution in [1.82, 2.24) is 9.80 Å². The fraction of sp³-hybridized carbons (Fsp3) is 0.867. The van der Waals surface area contributed by atoms with E-state index in [9.17, 15) is 9.59 Å². The van der Waals surface area contributed by atoms with E-state index in [1.165, 1.54) is 0 Å². The van der Waals surface area contributed by atoms with Crippen molar-refractivity contribution in [1.29, 1.82) is 0 Å². The Bertz CT molecular complexity index is 301. The van der Waals surface area contributed by atoms with E-state index in [0.29, 0.717) is 24.9 Å². The number of nitrogens with zero attached hydrogens (tertiary/aromatic N) is 2. The van der Waals surface area contributed by atoms with E-state index in [0.717, 1.165) is 32.4 Å². The zero-order chi connectivity index (χ0) is 14.4. The Hall–Kier alpha value is -1.06. The van der Waals surface area contributed by atoms with Gasteiger partial charge in [-0.25, -0.2) is 0 Å². The van der Waals surface area contributed by atoms with Gasteiger partial charge in [-0.15, -0.1) is 0 Å². The van der Waals surface area contributed by atoms with Gasteiger partial charge in [0.05, 0.1) is 0 Å². The minimum absolute atomic E-state index is 0.305. The molecular weight excluding hydrogens is 240 g/mol. The average Bonchev–Trinajstić information content (AvgIpc) is 2.35. The topological polar surface area (TPSA) is 40.6 Å². The molecule has 0 aliphatic carbocycles. The maximum absolute atomic E-state index is 12.3. The second-order valence-electron chi connectivity index (χ2n) is 5.95. The number of hydrogen-bond donors (Lipinski definition) is 0. The van der Waals surface area contributed by atoms with Gasteiger partial charge in [-0.2, -0.15) is 0 Å². The fourth-order valence-electron chi connectivity index (χ4n) is 2.95. The summed E-state index contributed by atoms with van der Waals surface area (Å²) in [5.41, 5.74) is 0. The Morgan fingerprint density at radius 3 is 1.95 bits per heavy atom. The Labute approximate surface area is 117 Å². The number of hydrogen-bond acceptors (Lipinski definition) is 2. The molecule has 1 rings (SSSR count). The minimum atomic E-state index is -0.315. The molecule has 1 fully saturated rings. The second kappa shape index (κ2) is 7.51. The molecule has 1 saturated heterocycles. The van der Waals surface area contributed by atoms with Crippen molar-refractivity contribution in [2.75, 3.05) is 26.2 Å². The predicted octanol–water partition coefficient (Wildman–Crippen LogP) is 2.14. The van der Waals surface area contributed by atoms with Crippen LogP contribution in [-0.2, 0) is 9.59 Å². The number of carbonyl (C=O) groups is 2. The Morgan fingerprint density at radius 1 is 1.05 bits per heavy atom. The van der Waals surface area contributed by atoms with Crippen LogP contribution in [0.4, 0.5) is 0 Å². The summed E-state index contributed by atoms with van der Waals surface area (Å²) in [5.74, 6) is 0.364. The maximum atomic E-state index is 12.3. The van der Waals surface area contributed by atoms with Gasteiger partial charge in [0.15, 0.2) is 0 Å². The summed E-state index contributed by atoms with van der Waals surface area (Å²) in [7, 11) is 0. The van der Waals surface area contributed by atoms with Crippen LogP contribution in [0.1, 0.15) is 47.0 Å². The number of carbonyl (C=O) groups excluding carboxylic acids is 2. The van der Waals surface area contributed by atoms with E-state index >= 15 is 0 Å². The molecule has 1 aliphatic heterocycles. The van der Waals surface area contributed by atoms with Gasteiger partial charge < -0.3 is 9.80 Å². The van der Waals surface area contributed by atoms with Crippen LogP contribution in [0.25, 0.3) is 0 Å². The molecule has 0 N–H and O–H groups in total. The van der Waals surface area contributed by atoms with Gasteiger partial charge in [0.2, 0.25) is 0 Å². The zero-order valence-corrected chi connectivity index (χ0v) is 12.8. The van der Waals surface area contributed by atoms with Crippen molar-refractivity contribution in [3.8, 4) is 0 Å². The van der Waals surface area contributed by atoms with Crippen LogP contribution in [0.2, 0.25) is 0 Å². The monoisotopic (exact) mass is 268 g/mol. The van der Waals surface area contributed by atoms with E-state index < -0.39 is 0 Å². The lowest BCUT2D eigenvalue weighted by Gasteiger charge is -2.35. The summed E-state index contributed by atoms with van der Waals surface area (Å²) >= 11 is 0. The van der Waals surface area contributed by atoms with Gasteiger partial charge in [0.25, 0.3) is 0 Å². The van der Waals surface area contributed by atoms with E-state index in [1.807, 2.05) is 13.8 Å². The molecule has 2 unspecified atom stereocenters. The van der Waals surface area contributed by atoms with Crippen LogP contribution < -0.4 is 0 Å². The van der Waals surface area contributed by atoms with Crippen LogP contribution in [0, 0.1) is 11.8 Å². The quantitative estimate of drug-likeness (QED) is 0.733. The van der Waals surface area contributed by atoms with Gasteiger partial charge in [-0.1, -0.05) is 27.7 Å². The molecule has 19 heavy (non-hydrogen) atoms. The van der Waals surface area contributed by atoms with Crippen molar-refractivity contribution >= 4 is 11.8 Å². The van der Waals surface area contributed by atoms with E-state index in [-0.39, 0.29) is 11.8 Å². The lowest BCUT2D eigenvalue weighted by Crippen LogP contribution is -2.50. The molecule has 4 nitrogen and oxygen atoms in total. The third-order valence-corrected chi connectivity index (χ3v) is 3.61. The Balaban J connectivity index is 2.66. The molecule has 0 aromatic rings. The van der Waals surface area contributed by atoms with Crippen molar-refractivity contribution < 1.29 is 9.59 Å². The van der Waals surface area contributed by atoms with E-state index in [2.05, 4.69) is 13.8 Å². The van der Waals surface area contributed by atoms with E-state index in [4.69, 9.17) is 0 Å². The first kappa shape index (κ1) is 16.0. The maximum Gasteiger partial charge on any atom is 0.312 e. The molecule has 1 heterocycles. The summed E-state index contributed by atoms with van der Waals surface area (Å²) in [6, 6.07) is 0. The van der Waals surface area contributed by atoms with Crippen LogP contribution in [-0.4, -0.2) is 47.8 Å². The third-order valence-electron chi connectivity index (χ3n) is 3.61. The number of piperidine rings is 1. The van der Waals surface area contributed by atoms with Crippen LogP contribution >= 0.6 is 0 Å². The number of amides is 2. The molecule has 0 radical (unpaired) electrons. The van der Waals surface area contributed by atoms with Crippen molar-refractivity contribution in [3.05, 3.63) is 0 Å². The minimum Gasteiger partial charge on any atom is -0.334 e. The zero-order valence-electron chi connectivity index (χ0n) is 12.8. The van der Waals surface area contributed by atoms with E-state index in [1.54, 1.807) is 9.80 Å². The highest BCUT2D eigenvalue weighted by molar-refractivity contribution is 6.34. The first-order valence-electron chi connectivity index (χ1n) is 7.57. The molecule has 0 aromatic carbocycles. The summed E-state index contributed by atoms with van der Waals surface area (Å²) in [6.45, 7) is 11.2. The largest absolute Gasteiger partial charge is 0.334 e. The molecule has 110 valence electrons. The molecule has 2 atom stereocenters. The second-order valence-corrected chi connectivity index (χ2v) is 5.95. The first-order chi connectivity index (χ1) is 8.99. The Morgan fingerprint density at radius 2 is 1.53 bits per heavy atom. The van der Waals surface area contributed by atoms with Gasteiger partial charge in [-0.3, -0.25) is 9.59 Å². The van der Waals surface area contributed by atoms with Gasteiger partial charge in [0, 0.05) is 26.2 Å². The summed E-state index contributed by atoms with van der Waals surface area (Å²) in [5, 5.41) is 0. The third kappa shape index (κ3) is 4.51. The van der Waals surface area contributed by atoms with Gasteiger partial charge in [0.1, 0.15) is 0 Å². The standard InChI is InChI=1S/C15H28N2O2/c1-5-7-16(8-6-2)14(18)15(19)17-10-12(3)9-13(4)11-17/h12-13H,5-11H2,1-4H3. The van der Waals surface area contributed by atoms with Gasteiger partial charge >= 0.3 is 11.8 Å². The smallest absolute Gasteiger partial charge is 0.312 e. The lowest BCUT2D eigenvalue weighted by molar-refractivity contribution is -0.153. The highest BCUT2D eigenvalue weighted by atomic mass is 16.2. The fourth-order valence-corrected chi connectivity index (χ4v) is 2.95. The van der Waals surface area contributed by atoms with Crippen LogP contribution in [0.3, 0.4) is 0 Å². The van der Waals surface area contributed by atoms with Crippen molar-refractivity contribution in [2.24, 2.45) is 11.8 Å². The molecule has 1 aliphatic rings. The van der Waals surface area contributed by atoms with Crippen molar-refractivity contribution in [2.45, 2.75) is 47.0 Å². The average molecular weight is 268 g/mol. The molecule has 2 amide bonds. The van der Waals surface area contributed by atoms with Gasteiger partial charge in [-0.05, 0) is 31.1 Å². The summed E-state index contributed by atoms with van der Waals surface area (Å²) in [4.78, 5) is 28.0. The molecule has 4 heteroatoms. The SMILES string of the molecule is CCCN(CCC)C(=O)C(=O)N1CC(C)CC(C)C1. The molecule has 0 spiro atoms. The van der Waals surface area contributed by atoms with Crippen LogP contribution in [0.5, 0.6) is 0 Å². The predicted molar refractivity (Wildman–Crippen MR) is 76.7 cm³/mol. The Kier molecular flexibility index (Phi) is 6.32. The molecule has 0 bridgehead atoms.